The van der Waals surface area contributed by atoms with Crippen molar-refractivity contribution in [2.45, 2.75) is 26.9 Å². The van der Waals surface area contributed by atoms with Crippen molar-refractivity contribution in [2.75, 3.05) is 0 Å². The molecule has 0 aliphatic heterocycles. The maximum absolute atomic E-state index is 10.7. The molecule has 0 bridgehead atoms. The van der Waals surface area contributed by atoms with E-state index >= 15 is 0 Å². The third kappa shape index (κ3) is 7.36. The number of nitrogens with one attached hydrogen (secondary N) is 2. The minimum Gasteiger partial charge on any atom is -0.545 e. The van der Waals surface area contributed by atoms with Gasteiger partial charge in [0.15, 0.2) is 0 Å². The average Bonchev–Trinajstić information content (AvgIpc) is 3.46. The Bertz CT molecular complexity index is 1340. The molecule has 2 aromatic heterocycles. The van der Waals surface area contributed by atoms with Crippen molar-refractivity contribution >= 4 is 23.9 Å². The van der Waals surface area contributed by atoms with E-state index in [0.717, 1.165) is 13.1 Å². The van der Waals surface area contributed by atoms with Gasteiger partial charge in [0.25, 0.3) is 11.6 Å². The van der Waals surface area contributed by atoms with E-state index in [9.17, 15) is 29.4 Å². The molecule has 0 amide bonds. The largest absolute Gasteiger partial charge is 0.545 e. The Morgan fingerprint density at radius 3 is 1.28 bits per heavy atom. The van der Waals surface area contributed by atoms with Crippen molar-refractivity contribution in [3.05, 3.63) is 106 Å². The highest BCUT2D eigenvalue weighted by Crippen LogP contribution is 2.17. The Morgan fingerprint density at radius 1 is 0.692 bits per heavy atom. The van der Waals surface area contributed by atoms with Crippen LogP contribution in [0.5, 0.6) is 0 Å². The first-order chi connectivity index (χ1) is 18.0. The second kappa shape index (κ2) is 12.8. The molecule has 0 unspecified atom stereocenters. The van der Waals surface area contributed by atoms with Crippen LogP contribution >= 0.6 is 0 Å². The number of nitrogens with zero attached hydrogens (tertiary/aromatic N) is 2. The quantitative estimate of drug-likeness (QED) is 0.195. The summed E-state index contributed by atoms with van der Waals surface area (Å²) >= 11 is 0. The summed E-state index contributed by atoms with van der Waals surface area (Å²) in [5.74, 6) is -4.97. The van der Waals surface area contributed by atoms with Crippen molar-refractivity contribution in [3.8, 4) is 0 Å². The highest BCUT2D eigenvalue weighted by Gasteiger charge is 2.19. The zero-order chi connectivity index (χ0) is 28.0. The second-order valence-corrected chi connectivity index (χ2v) is 8.29. The highest BCUT2D eigenvalue weighted by atomic mass is 16.4. The van der Waals surface area contributed by atoms with Crippen molar-refractivity contribution < 1.29 is 54.2 Å². The average molecular weight is 539 g/mol. The third-order valence-corrected chi connectivity index (χ3v) is 5.74. The number of carbonyl (C=O) groups excluding carboxylic acids is 2. The fraction of sp³-hybridized carbons (Fsp3) is 0.154. The normalized spacial score (nSPS) is 10.1. The number of aromatic carboxylic acids is 4. The lowest BCUT2D eigenvalue weighted by Crippen LogP contribution is -2.35. The Morgan fingerprint density at radius 2 is 1.03 bits per heavy atom. The van der Waals surface area contributed by atoms with Gasteiger partial charge in [-0.15, -0.1) is 0 Å². The van der Waals surface area contributed by atoms with Crippen LogP contribution in [0.25, 0.3) is 0 Å². The number of imidazole rings is 2. The molecule has 0 saturated carbocycles. The monoisotopic (exact) mass is 538 g/mol. The van der Waals surface area contributed by atoms with Crippen molar-refractivity contribution in [1.29, 1.82) is 0 Å². The van der Waals surface area contributed by atoms with Gasteiger partial charge in [0.05, 0.1) is 23.1 Å². The first-order valence-corrected chi connectivity index (χ1v) is 11.2. The van der Waals surface area contributed by atoms with E-state index in [2.05, 4.69) is 69.6 Å². The summed E-state index contributed by atoms with van der Waals surface area (Å²) < 4.78 is 4.42. The van der Waals surface area contributed by atoms with Gasteiger partial charge >= 0.3 is 11.9 Å². The number of carbonyl (C=O) groups is 4. The molecule has 2 heterocycles. The number of benzene rings is 2. The molecule has 0 spiro atoms. The Kier molecular flexibility index (Phi) is 9.81. The van der Waals surface area contributed by atoms with Crippen molar-refractivity contribution in [1.82, 2.24) is 9.97 Å². The number of H-pyrrole nitrogens is 2. The van der Waals surface area contributed by atoms with E-state index in [-0.39, 0.29) is 5.48 Å². The van der Waals surface area contributed by atoms with Gasteiger partial charge in [-0.3, -0.25) is 0 Å². The summed E-state index contributed by atoms with van der Waals surface area (Å²) in [6.07, 6.45) is 8.08. The van der Waals surface area contributed by atoms with Crippen LogP contribution in [0, 0.1) is 13.8 Å². The van der Waals surface area contributed by atoms with E-state index in [1.54, 1.807) is 0 Å². The molecular weight excluding hydrogens is 512 g/mol. The Labute approximate surface area is 221 Å². The van der Waals surface area contributed by atoms with E-state index in [1.165, 1.54) is 22.8 Å². The number of hydrogen-bond donors (Lipinski definition) is 4. The summed E-state index contributed by atoms with van der Waals surface area (Å²) in [5.41, 5.74) is -0.998. The molecule has 0 atom stereocenters. The zero-order valence-electron chi connectivity index (χ0n) is 20.9. The molecule has 0 aliphatic rings. The lowest BCUT2D eigenvalue weighted by Gasteiger charge is -2.13. The number of carboxylic acids is 4. The van der Waals surface area contributed by atoms with E-state index in [4.69, 9.17) is 10.2 Å². The van der Waals surface area contributed by atoms with E-state index in [0.29, 0.717) is 12.1 Å². The van der Waals surface area contributed by atoms with Gasteiger partial charge in [0, 0.05) is 25.0 Å². The molecule has 2 aromatic carbocycles. The van der Waals surface area contributed by atoms with Gasteiger partial charge in [-0.05, 0) is 23.3 Å². The van der Waals surface area contributed by atoms with Gasteiger partial charge < -0.3 is 35.5 Å². The first-order valence-electron chi connectivity index (χ1n) is 11.2. The fourth-order valence-electron chi connectivity index (χ4n) is 3.66. The van der Waals surface area contributed by atoms with Gasteiger partial charge in [-0.1, -0.05) is 24.3 Å². The second-order valence-electron chi connectivity index (χ2n) is 8.29. The first kappa shape index (κ1) is 29.9. The topological polar surface area (TPSA) is 226 Å². The van der Waals surface area contributed by atoms with E-state index in [1.807, 2.05) is 12.4 Å². The molecule has 0 radical (unpaired) electrons. The van der Waals surface area contributed by atoms with Crippen LogP contribution in [0.1, 0.15) is 64.2 Å². The van der Waals surface area contributed by atoms with Crippen LogP contribution in [0.3, 0.4) is 0 Å². The highest BCUT2D eigenvalue weighted by molar-refractivity contribution is 6.08. The molecule has 6 N–H and O–H groups in total. The molecule has 13 heteroatoms. The summed E-state index contributed by atoms with van der Waals surface area (Å²) in [5, 5.41) is 38.7. The number of carboxylic acid groups (broad SMARTS) is 4. The Hall–Kier alpha value is -5.30. The van der Waals surface area contributed by atoms with Crippen LogP contribution in [0.15, 0.2) is 61.2 Å². The number of aromatic amines is 2. The van der Waals surface area contributed by atoms with Crippen LogP contribution in [-0.2, 0) is 13.1 Å². The molecule has 4 aromatic rings. The summed E-state index contributed by atoms with van der Waals surface area (Å²) in [6, 6.07) is 9.64. The maximum atomic E-state index is 10.7. The zero-order valence-corrected chi connectivity index (χ0v) is 20.9. The molecule has 0 fully saturated rings. The minimum atomic E-state index is -1.94. The van der Waals surface area contributed by atoms with Crippen LogP contribution in [-0.4, -0.2) is 49.5 Å². The number of rotatable bonds is 8. The smallest absolute Gasteiger partial charge is 0.336 e. The molecule has 0 aliphatic carbocycles. The van der Waals surface area contributed by atoms with Crippen molar-refractivity contribution in [2.24, 2.45) is 0 Å². The number of hydrogen-bond acceptors (Lipinski definition) is 6. The van der Waals surface area contributed by atoms with Gasteiger partial charge in [0.1, 0.15) is 37.9 Å². The molecular formula is C26H26N4O9. The minimum absolute atomic E-state index is 0. The third-order valence-electron chi connectivity index (χ3n) is 5.74. The van der Waals surface area contributed by atoms with Gasteiger partial charge in [0.2, 0.25) is 0 Å². The molecule has 0 saturated heterocycles. The van der Waals surface area contributed by atoms with Crippen molar-refractivity contribution in [3.63, 3.8) is 0 Å². The standard InChI is InChI=1S/C16H18N4.C10H6O8.H2O/c1-13-17-7-9-19(13)11-15-3-5-16(6-4-15)12-20-10-8-18-14(20)2;11-7(12)3-1-4(8(13)14)6(10(17)18)2-5(3)9(15)16;/h3-10H,11-12H2,1-2H3;1-2H,(H,11,12)(H,13,14)(H,15,16)(H,17,18);1H2. The maximum Gasteiger partial charge on any atom is 0.336 e. The fourth-order valence-corrected chi connectivity index (χ4v) is 3.66. The molecule has 4 rings (SSSR count). The summed E-state index contributed by atoms with van der Waals surface area (Å²) in [7, 11) is 0. The molecule has 13 nitrogen and oxygen atoms in total. The predicted molar refractivity (Wildman–Crippen MR) is 129 cm³/mol. The lowest BCUT2D eigenvalue weighted by atomic mass is 9.98. The predicted octanol–water partition coefficient (Wildman–Crippen LogP) is -1.38. The SMILES string of the molecule is Cc1[nH]cc[n+]1Cc1ccc(C[n+]2cc[nH]c2C)cc1.O.O=C([O-])c1cc(C(=O)[O-])c(C(=O)O)cc1C(=O)O. The van der Waals surface area contributed by atoms with Gasteiger partial charge in [-0.25, -0.2) is 28.7 Å². The summed E-state index contributed by atoms with van der Waals surface area (Å²) in [6.45, 7) is 5.98. The van der Waals surface area contributed by atoms with Crippen LogP contribution < -0.4 is 19.3 Å². The number of aryl methyl sites for hydroxylation is 2. The lowest BCUT2D eigenvalue weighted by molar-refractivity contribution is -0.693. The van der Waals surface area contributed by atoms with E-state index < -0.39 is 46.1 Å². The van der Waals surface area contributed by atoms with Crippen LogP contribution in [0.4, 0.5) is 0 Å². The summed E-state index contributed by atoms with van der Waals surface area (Å²) in [4.78, 5) is 49.1. The number of aromatic nitrogens is 4. The van der Waals surface area contributed by atoms with Crippen LogP contribution in [0.2, 0.25) is 0 Å². The molecule has 204 valence electrons. The Balaban J connectivity index is 0.000000269. The van der Waals surface area contributed by atoms with Gasteiger partial charge in [-0.2, -0.15) is 0 Å². The molecule has 39 heavy (non-hydrogen) atoms.